The van der Waals surface area contributed by atoms with Gasteiger partial charge >= 0.3 is 35.8 Å². The van der Waals surface area contributed by atoms with E-state index in [1.807, 2.05) is 0 Å². The van der Waals surface area contributed by atoms with Crippen LogP contribution in [-0.2, 0) is 126 Å². The number of phenols is 1. The maximum Gasteiger partial charge on any atom is 0.305 e. The number of nitrogens with two attached hydrogens (primary N) is 3. The summed E-state index contributed by atoms with van der Waals surface area (Å²) in [5.74, 6) is -29.0. The smallest absolute Gasteiger partial charge is 0.305 e. The number of carboxylic acids is 6. The Morgan fingerprint density at radius 3 is 1.37 bits per heavy atom. The number of nitrogens with zero attached hydrogens (tertiary/aromatic N) is 3. The Morgan fingerprint density at radius 1 is 0.460 bits per heavy atom. The van der Waals surface area contributed by atoms with E-state index in [-0.39, 0.29) is 60.8 Å². The Morgan fingerprint density at radius 2 is 0.887 bits per heavy atom. The van der Waals surface area contributed by atoms with Crippen LogP contribution in [0.2, 0.25) is 0 Å². The quantitative estimate of drug-likeness (QED) is 0.0172. The molecule has 0 radical (unpaired) electrons. The van der Waals surface area contributed by atoms with E-state index in [2.05, 4.69) is 88.7 Å². The number of primary amides is 2. The van der Waals surface area contributed by atoms with Gasteiger partial charge in [0.05, 0.1) is 68.7 Å². The molecule has 15 amide bonds. The molecule has 1 aliphatic rings. The Hall–Kier alpha value is -15.0. The molecule has 6 rings (SSSR count). The van der Waals surface area contributed by atoms with Gasteiger partial charge in [-0.15, -0.1) is 0 Å². The number of aromatic hydroxyl groups is 1. The molecule has 49 heteroatoms. The van der Waals surface area contributed by atoms with Gasteiger partial charge in [0, 0.05) is 74.6 Å². The standard InChI is InChI=1S/C75H97N21O28/c1-34(2)18-45(63(78)112)88-66(115)43(13-15-55(77)98)86-71(120)50(24-59(104)105)85-56(99)31-82-65(114)47(20-36-28-81-42-7-4-3-6-40(36)42)91-72(121)51(25-60(106)107)93-67(116)44(14-16-57(100)101)87-68(117)46(19-35-9-11-39(97)12-10-35)90-73(122)52(26-61(108)109)94-74(123)54-8-5-17-96(54)75(124)53(27-62(110)111)95-70(119)49(22-38-30-80-33-84-38)92-69(118)48(21-37-29-79-32-83-37)89-64(113)41(76)23-58(102)103/h3-4,6-7,9-12,28-30,32-34,41,43-54,81,97H,5,8,13-27,31,76H2,1-2H3,(H2,77,98)(H2,78,112)(H,79,83)(H,80,84)(H,82,114)(H,85,99)(H,86,120)(H,87,117)(H,88,115)(H,89,113)(H,90,122)(H,91,121)(H,92,118)(H,93,116)(H,94,123)(H,95,119)(H,100,101)(H,102,103)(H,104,105)(H,106,107)(H,108,109)(H,110,111)/t41-,43-,44-,45-,46-,47-,48-,49-,50-,51-,52-,53-,54-/m0/s1. The van der Waals surface area contributed by atoms with Crippen LogP contribution in [-0.4, -0.2) is 282 Å². The van der Waals surface area contributed by atoms with Gasteiger partial charge in [-0.05, 0) is 67.3 Å². The molecule has 49 nitrogen and oxygen atoms in total. The number of hydrogen-bond acceptors (Lipinski definition) is 25. The fourth-order valence-corrected chi connectivity index (χ4v) is 12.8. The largest absolute Gasteiger partial charge is 0.508 e. The monoisotopic (exact) mass is 1740 g/mol. The van der Waals surface area contributed by atoms with Crippen LogP contribution < -0.4 is 81.0 Å². The van der Waals surface area contributed by atoms with Gasteiger partial charge in [0.1, 0.15) is 78.3 Å². The van der Waals surface area contributed by atoms with Crippen molar-refractivity contribution in [3.63, 3.8) is 0 Å². The van der Waals surface area contributed by atoms with Crippen molar-refractivity contribution < 1.29 is 136 Å². The van der Waals surface area contributed by atoms with Crippen molar-refractivity contribution in [1.29, 1.82) is 0 Å². The SMILES string of the molecule is CC(C)C[C@H](NC(=O)[C@H](CCC(N)=O)NC(=O)[C@H](CC(=O)O)NC(=O)CNC(=O)[C@H](Cc1c[nH]c2ccccc12)NC(=O)[C@H](CC(=O)O)NC(=O)[C@H](CCC(=O)O)NC(=O)[C@H](Cc1ccc(O)cc1)NC(=O)[C@H](CC(=O)O)NC(=O)[C@@H]1CCCN1C(=O)[C@H](CC(=O)O)NC(=O)[C@H](Cc1c[nH]cn1)NC(=O)[C@H](Cc1c[nH]cn1)NC(=O)[C@@H](N)CC(=O)O)C(N)=O. The van der Waals surface area contributed by atoms with Crippen molar-refractivity contribution in [1.82, 2.24) is 93.6 Å². The van der Waals surface area contributed by atoms with E-state index in [1.165, 1.54) is 43.4 Å². The number of nitrogens with one attached hydrogen (secondary N) is 15. The van der Waals surface area contributed by atoms with Crippen molar-refractivity contribution in [3.8, 4) is 5.75 Å². The molecule has 1 saturated heterocycles. The highest BCUT2D eigenvalue weighted by atomic mass is 16.4. The molecular formula is C75H97N21O28. The Balaban J connectivity index is 1.22. The Kier molecular flexibility index (Phi) is 37.2. The van der Waals surface area contributed by atoms with Gasteiger partial charge in [0.2, 0.25) is 88.6 Å². The zero-order valence-electron chi connectivity index (χ0n) is 66.6. The van der Waals surface area contributed by atoms with Crippen LogP contribution in [0.15, 0.2) is 79.8 Å². The molecule has 0 bridgehead atoms. The minimum Gasteiger partial charge on any atom is -0.508 e. The number of carbonyl (C=O) groups excluding carboxylic acids is 15. The predicted octanol–water partition coefficient (Wildman–Crippen LogP) is -7.61. The van der Waals surface area contributed by atoms with E-state index in [1.54, 1.807) is 38.1 Å². The third kappa shape index (κ3) is 32.0. The van der Waals surface area contributed by atoms with Crippen LogP contribution in [0.25, 0.3) is 10.9 Å². The number of likely N-dealkylation sites (tertiary alicyclic amines) is 1. The molecule has 4 heterocycles. The summed E-state index contributed by atoms with van der Waals surface area (Å²) in [4.78, 5) is 298. The van der Waals surface area contributed by atoms with E-state index < -0.39 is 287 Å². The minimum atomic E-state index is -2.26. The maximum absolute atomic E-state index is 14.7. The first-order valence-electron chi connectivity index (χ1n) is 38.4. The van der Waals surface area contributed by atoms with Crippen LogP contribution >= 0.6 is 0 Å². The first-order chi connectivity index (χ1) is 58.5. The number of aliphatic carboxylic acids is 6. The Bertz CT molecular complexity index is 4730. The summed E-state index contributed by atoms with van der Waals surface area (Å²) in [5.41, 5.74) is 17.7. The van der Waals surface area contributed by atoms with Gasteiger partial charge in [-0.2, -0.15) is 0 Å². The summed E-state index contributed by atoms with van der Waals surface area (Å²) in [5, 5.41) is 97.0. The lowest BCUT2D eigenvalue weighted by atomic mass is 10.0. The molecule has 124 heavy (non-hydrogen) atoms. The van der Waals surface area contributed by atoms with E-state index in [0.29, 0.717) is 16.5 Å². The topological polar surface area (TPSA) is 799 Å². The van der Waals surface area contributed by atoms with Crippen molar-refractivity contribution in [2.45, 2.75) is 195 Å². The first-order valence-corrected chi connectivity index (χ1v) is 38.4. The molecule has 1 aliphatic heterocycles. The molecule has 28 N–H and O–H groups in total. The third-order valence-corrected chi connectivity index (χ3v) is 18.9. The second kappa shape index (κ2) is 47.1. The molecule has 2 aromatic carbocycles. The average molecular weight is 1740 g/mol. The van der Waals surface area contributed by atoms with Crippen LogP contribution in [0.5, 0.6) is 5.75 Å². The maximum atomic E-state index is 14.7. The molecule has 0 saturated carbocycles. The van der Waals surface area contributed by atoms with Crippen LogP contribution in [0.1, 0.15) is 113 Å². The normalized spacial score (nSPS) is 15.2. The number of hydrogen-bond donors (Lipinski definition) is 25. The molecule has 0 aliphatic carbocycles. The second-order valence-electron chi connectivity index (χ2n) is 29.2. The molecule has 670 valence electrons. The van der Waals surface area contributed by atoms with Crippen molar-refractivity contribution in [3.05, 3.63) is 102 Å². The molecule has 5 aromatic rings. The average Bonchev–Trinajstić information content (AvgIpc) is 1.65. The van der Waals surface area contributed by atoms with Crippen molar-refractivity contribution in [2.24, 2.45) is 23.1 Å². The number of amides is 15. The number of carboxylic acid groups (broad SMARTS) is 6. The third-order valence-electron chi connectivity index (χ3n) is 18.9. The number of benzene rings is 2. The number of phenolic OH excluding ortho intramolecular Hbond substituents is 1. The van der Waals surface area contributed by atoms with E-state index >= 15 is 0 Å². The van der Waals surface area contributed by atoms with Gasteiger partial charge in [0.15, 0.2) is 0 Å². The van der Waals surface area contributed by atoms with E-state index in [4.69, 9.17) is 17.2 Å². The minimum absolute atomic E-state index is 0.0182. The second-order valence-corrected chi connectivity index (χ2v) is 29.2. The number of imidazole rings is 2. The molecule has 0 spiro atoms. The number of carbonyl (C=O) groups is 21. The predicted molar refractivity (Wildman–Crippen MR) is 421 cm³/mol. The number of para-hydroxylation sites is 1. The van der Waals surface area contributed by atoms with Gasteiger partial charge in [-0.1, -0.05) is 44.2 Å². The number of H-pyrrole nitrogens is 3. The highest BCUT2D eigenvalue weighted by Gasteiger charge is 2.43. The fourth-order valence-electron chi connectivity index (χ4n) is 12.8. The fraction of sp³-hybridized carbons (Fsp3) is 0.453. The summed E-state index contributed by atoms with van der Waals surface area (Å²) in [7, 11) is 0. The van der Waals surface area contributed by atoms with E-state index in [9.17, 15) is 136 Å². The molecular weight excluding hydrogens is 1640 g/mol. The summed E-state index contributed by atoms with van der Waals surface area (Å²) in [6, 6.07) is -13.0. The van der Waals surface area contributed by atoms with Crippen LogP contribution in [0, 0.1) is 5.92 Å². The van der Waals surface area contributed by atoms with Crippen molar-refractivity contribution >= 4 is 135 Å². The van der Waals surface area contributed by atoms with Gasteiger partial charge < -0.3 is 137 Å². The lowest BCUT2D eigenvalue weighted by Crippen LogP contribution is -2.61. The lowest BCUT2D eigenvalue weighted by molar-refractivity contribution is -0.147. The zero-order valence-corrected chi connectivity index (χ0v) is 66.6. The number of aromatic nitrogens is 5. The van der Waals surface area contributed by atoms with E-state index in [0.717, 1.165) is 17.0 Å². The van der Waals surface area contributed by atoms with Crippen LogP contribution in [0.4, 0.5) is 0 Å². The number of rotatable bonds is 52. The molecule has 0 unspecified atom stereocenters. The van der Waals surface area contributed by atoms with Crippen molar-refractivity contribution in [2.75, 3.05) is 13.1 Å². The molecule has 3 aromatic heterocycles. The molecule has 1 fully saturated rings. The highest BCUT2D eigenvalue weighted by Crippen LogP contribution is 2.23. The summed E-state index contributed by atoms with van der Waals surface area (Å²) >= 11 is 0. The number of fused-ring (bicyclic) bond motifs is 1. The highest BCUT2D eigenvalue weighted by molar-refractivity contribution is 6.02. The van der Waals surface area contributed by atoms with Gasteiger partial charge in [-0.25, -0.2) is 9.97 Å². The summed E-state index contributed by atoms with van der Waals surface area (Å²) in [6.07, 6.45) is -4.35. The number of aromatic amines is 3. The Labute approximate surface area is 702 Å². The van der Waals surface area contributed by atoms with Crippen LogP contribution in [0.3, 0.4) is 0 Å². The summed E-state index contributed by atoms with van der Waals surface area (Å²) < 4.78 is 0. The van der Waals surface area contributed by atoms with Gasteiger partial charge in [0.25, 0.3) is 0 Å². The zero-order chi connectivity index (χ0) is 91.8. The lowest BCUT2D eigenvalue weighted by Gasteiger charge is -2.30. The molecule has 13 atom stereocenters. The van der Waals surface area contributed by atoms with Gasteiger partial charge in [-0.3, -0.25) is 101 Å². The first kappa shape index (κ1) is 97.9. The summed E-state index contributed by atoms with van der Waals surface area (Å²) in [6.45, 7) is 1.96.